The maximum absolute atomic E-state index is 5.67. The zero-order valence-electron chi connectivity index (χ0n) is 20.7. The maximum atomic E-state index is 5.67. The molecule has 0 atom stereocenters. The summed E-state index contributed by atoms with van der Waals surface area (Å²) in [5.74, 6) is 2.96. The van der Waals surface area contributed by atoms with E-state index in [-0.39, 0.29) is 0 Å². The molecular formula is C27H34N6O2. The molecule has 2 fully saturated rings. The predicted octanol–water partition coefficient (Wildman–Crippen LogP) is 3.91. The van der Waals surface area contributed by atoms with Gasteiger partial charge in [-0.25, -0.2) is 9.97 Å². The van der Waals surface area contributed by atoms with Crippen molar-refractivity contribution in [2.45, 2.75) is 32.2 Å². The van der Waals surface area contributed by atoms with Crippen LogP contribution < -0.4 is 19.9 Å². The van der Waals surface area contributed by atoms with Gasteiger partial charge in [0, 0.05) is 68.7 Å². The lowest BCUT2D eigenvalue weighted by Crippen LogP contribution is -2.40. The van der Waals surface area contributed by atoms with E-state index in [1.54, 1.807) is 7.11 Å². The van der Waals surface area contributed by atoms with Crippen molar-refractivity contribution in [3.8, 4) is 17.0 Å². The van der Waals surface area contributed by atoms with Gasteiger partial charge in [-0.2, -0.15) is 0 Å². The molecule has 6 rings (SSSR count). The molecule has 0 aliphatic carbocycles. The Labute approximate surface area is 206 Å². The number of rotatable bonds is 4. The molecule has 0 saturated carbocycles. The van der Waals surface area contributed by atoms with Gasteiger partial charge < -0.3 is 29.2 Å². The number of aryl methyl sites for hydroxylation is 1. The molecule has 5 heterocycles. The average molecular weight is 475 g/mol. The van der Waals surface area contributed by atoms with Crippen LogP contribution in [0.15, 0.2) is 36.5 Å². The Hall–Kier alpha value is -3.26. The molecule has 2 aromatic heterocycles. The van der Waals surface area contributed by atoms with Crippen LogP contribution in [-0.2, 0) is 11.2 Å². The fourth-order valence-electron chi connectivity index (χ4n) is 5.63. The van der Waals surface area contributed by atoms with Crippen LogP contribution in [-0.4, -0.2) is 67.6 Å². The first-order valence-corrected chi connectivity index (χ1v) is 12.7. The summed E-state index contributed by atoms with van der Waals surface area (Å²) < 4.78 is 13.7. The molecule has 8 heteroatoms. The molecule has 0 spiro atoms. The van der Waals surface area contributed by atoms with Gasteiger partial charge in [-0.3, -0.25) is 0 Å². The molecule has 1 N–H and O–H groups in total. The molecule has 0 bridgehead atoms. The molecule has 0 unspecified atom stereocenters. The Balaban J connectivity index is 1.38. The van der Waals surface area contributed by atoms with Crippen molar-refractivity contribution >= 4 is 17.5 Å². The molecule has 35 heavy (non-hydrogen) atoms. The molecule has 2 saturated heterocycles. The predicted molar refractivity (Wildman–Crippen MR) is 139 cm³/mol. The van der Waals surface area contributed by atoms with E-state index < -0.39 is 0 Å². The quantitative estimate of drug-likeness (QED) is 0.615. The van der Waals surface area contributed by atoms with Gasteiger partial charge in [0.25, 0.3) is 0 Å². The van der Waals surface area contributed by atoms with Crippen LogP contribution in [0, 0.1) is 6.92 Å². The monoisotopic (exact) mass is 474 g/mol. The average Bonchev–Trinajstić information content (AvgIpc) is 3.20. The maximum Gasteiger partial charge on any atom is 0.206 e. The molecule has 0 amide bonds. The number of ether oxygens (including phenoxy) is 2. The van der Waals surface area contributed by atoms with Crippen molar-refractivity contribution in [3.63, 3.8) is 0 Å². The van der Waals surface area contributed by atoms with E-state index in [1.165, 1.54) is 28.2 Å². The first-order chi connectivity index (χ1) is 17.2. The van der Waals surface area contributed by atoms with Gasteiger partial charge in [0.05, 0.1) is 31.7 Å². The summed E-state index contributed by atoms with van der Waals surface area (Å²) in [5, 5.41) is 3.64. The number of pyridine rings is 1. The molecule has 1 aromatic carbocycles. The van der Waals surface area contributed by atoms with Crippen molar-refractivity contribution < 1.29 is 9.47 Å². The highest BCUT2D eigenvalue weighted by atomic mass is 16.5. The van der Waals surface area contributed by atoms with E-state index >= 15 is 0 Å². The number of methoxy groups -OCH3 is 1. The topological polar surface area (TPSA) is 67.7 Å². The smallest absolute Gasteiger partial charge is 0.206 e. The zero-order chi connectivity index (χ0) is 23.8. The van der Waals surface area contributed by atoms with E-state index in [9.17, 15) is 0 Å². The number of nitrogens with zero attached hydrogens (tertiary/aromatic N) is 5. The van der Waals surface area contributed by atoms with Crippen molar-refractivity contribution in [3.05, 3.63) is 47.8 Å². The number of anilines is 3. The lowest BCUT2D eigenvalue weighted by molar-refractivity contribution is 0.121. The van der Waals surface area contributed by atoms with Crippen LogP contribution >= 0.6 is 0 Å². The third kappa shape index (κ3) is 4.20. The Kier molecular flexibility index (Phi) is 5.98. The van der Waals surface area contributed by atoms with Crippen LogP contribution in [0.25, 0.3) is 11.3 Å². The molecular weight excluding hydrogens is 440 g/mol. The second-order valence-corrected chi connectivity index (χ2v) is 9.67. The SMILES string of the molecule is COc1ccnc(N2CCC(n3c(N4CCOCC4)nc4c3-c3cc(C)ccc3NCC4)CC2)c1. The molecule has 3 aliphatic rings. The fraction of sp³-hybridized carbons (Fsp3) is 0.481. The number of fused-ring (bicyclic) bond motifs is 3. The number of piperidine rings is 1. The number of benzene rings is 1. The standard InChI is InChI=1S/C27H34N6O2/c1-19-3-4-23-22(17-19)26-24(6-10-28-23)30-27(32-13-15-35-16-14-32)33(26)20-7-11-31(12-8-20)25-18-21(34-2)5-9-29-25/h3-5,9,17-18,20,28H,6-8,10-16H2,1-2H3. The lowest BCUT2D eigenvalue weighted by Gasteiger charge is -2.37. The summed E-state index contributed by atoms with van der Waals surface area (Å²) in [6.07, 6.45) is 4.86. The summed E-state index contributed by atoms with van der Waals surface area (Å²) in [4.78, 5) is 14.7. The van der Waals surface area contributed by atoms with Gasteiger partial charge >= 0.3 is 0 Å². The normalized spacial score (nSPS) is 18.5. The molecule has 184 valence electrons. The summed E-state index contributed by atoms with van der Waals surface area (Å²) >= 11 is 0. The molecule has 8 nitrogen and oxygen atoms in total. The minimum absolute atomic E-state index is 0.386. The third-order valence-corrected chi connectivity index (χ3v) is 7.47. The van der Waals surface area contributed by atoms with E-state index in [1.807, 2.05) is 18.3 Å². The van der Waals surface area contributed by atoms with Gasteiger partial charge in [0.1, 0.15) is 11.6 Å². The highest BCUT2D eigenvalue weighted by Gasteiger charge is 2.32. The van der Waals surface area contributed by atoms with Crippen LogP contribution in [0.2, 0.25) is 0 Å². The number of nitrogens with one attached hydrogen (secondary N) is 1. The minimum atomic E-state index is 0.386. The van der Waals surface area contributed by atoms with E-state index in [4.69, 9.17) is 14.5 Å². The largest absolute Gasteiger partial charge is 0.497 e. The zero-order valence-corrected chi connectivity index (χ0v) is 20.7. The summed E-state index contributed by atoms with van der Waals surface area (Å²) in [7, 11) is 1.71. The summed E-state index contributed by atoms with van der Waals surface area (Å²) in [6.45, 7) is 8.29. The molecule has 3 aromatic rings. The Bertz CT molecular complexity index is 1190. The molecule has 0 radical (unpaired) electrons. The van der Waals surface area contributed by atoms with Crippen LogP contribution in [0.1, 0.15) is 30.1 Å². The van der Waals surface area contributed by atoms with Gasteiger partial charge in [-0.1, -0.05) is 11.6 Å². The number of hydrogen-bond donors (Lipinski definition) is 1. The van der Waals surface area contributed by atoms with E-state index in [2.05, 4.69) is 49.8 Å². The minimum Gasteiger partial charge on any atom is -0.497 e. The number of imidazole rings is 1. The van der Waals surface area contributed by atoms with Crippen LogP contribution in [0.5, 0.6) is 5.75 Å². The van der Waals surface area contributed by atoms with Crippen molar-refractivity contribution in [2.24, 2.45) is 0 Å². The van der Waals surface area contributed by atoms with Gasteiger partial charge in [0.15, 0.2) is 0 Å². The van der Waals surface area contributed by atoms with Gasteiger partial charge in [-0.15, -0.1) is 0 Å². The van der Waals surface area contributed by atoms with Crippen molar-refractivity contribution in [2.75, 3.05) is 68.2 Å². The first-order valence-electron chi connectivity index (χ1n) is 12.7. The first kappa shape index (κ1) is 22.2. The van der Waals surface area contributed by atoms with Crippen LogP contribution in [0.4, 0.5) is 17.5 Å². The summed E-state index contributed by atoms with van der Waals surface area (Å²) in [6, 6.07) is 11.1. The lowest BCUT2D eigenvalue weighted by atomic mass is 10.0. The Morgan fingerprint density at radius 2 is 1.86 bits per heavy atom. The van der Waals surface area contributed by atoms with Gasteiger partial charge in [-0.05, 0) is 38.0 Å². The number of aromatic nitrogens is 3. The Morgan fingerprint density at radius 1 is 1.03 bits per heavy atom. The van der Waals surface area contributed by atoms with Gasteiger partial charge in [0.2, 0.25) is 5.95 Å². The van der Waals surface area contributed by atoms with Crippen molar-refractivity contribution in [1.82, 2.24) is 14.5 Å². The van der Waals surface area contributed by atoms with Crippen molar-refractivity contribution in [1.29, 1.82) is 0 Å². The molecule has 3 aliphatic heterocycles. The highest BCUT2D eigenvalue weighted by molar-refractivity contribution is 5.80. The van der Waals surface area contributed by atoms with E-state index in [0.29, 0.717) is 6.04 Å². The third-order valence-electron chi connectivity index (χ3n) is 7.47. The fourth-order valence-corrected chi connectivity index (χ4v) is 5.63. The second-order valence-electron chi connectivity index (χ2n) is 9.67. The Morgan fingerprint density at radius 3 is 2.66 bits per heavy atom. The van der Waals surface area contributed by atoms with E-state index in [0.717, 1.165) is 82.7 Å². The number of hydrogen-bond acceptors (Lipinski definition) is 7. The summed E-state index contributed by atoms with van der Waals surface area (Å²) in [5.41, 5.74) is 6.27. The number of morpholine rings is 1. The highest BCUT2D eigenvalue weighted by Crippen LogP contribution is 2.41. The van der Waals surface area contributed by atoms with Crippen LogP contribution in [0.3, 0.4) is 0 Å². The second kappa shape index (κ2) is 9.41.